The van der Waals surface area contributed by atoms with Crippen molar-refractivity contribution in [2.24, 2.45) is 7.05 Å². The number of rotatable bonds is 2. The molecule has 0 aliphatic carbocycles. The molecule has 0 radical (unpaired) electrons. The van der Waals surface area contributed by atoms with Crippen LogP contribution in [0.15, 0.2) is 49.1 Å². The van der Waals surface area contributed by atoms with Crippen molar-refractivity contribution in [1.29, 1.82) is 0 Å². The zero-order valence-corrected chi connectivity index (χ0v) is 11.9. The Balaban J connectivity index is 1.84. The van der Waals surface area contributed by atoms with E-state index in [4.69, 9.17) is 0 Å². The van der Waals surface area contributed by atoms with Crippen LogP contribution < -0.4 is 5.32 Å². The largest absolute Gasteiger partial charge is 0.506 e. The number of anilines is 2. The maximum Gasteiger partial charge on any atom is 0.143 e. The molecule has 0 aliphatic rings. The minimum atomic E-state index is 0.113. The van der Waals surface area contributed by atoms with Crippen LogP contribution in [0.2, 0.25) is 0 Å². The van der Waals surface area contributed by atoms with Crippen LogP contribution in [-0.2, 0) is 7.05 Å². The second-order valence-electron chi connectivity index (χ2n) is 5.08. The van der Waals surface area contributed by atoms with Gasteiger partial charge in [0.1, 0.15) is 17.2 Å². The smallest absolute Gasteiger partial charge is 0.143 e. The van der Waals surface area contributed by atoms with E-state index in [1.807, 2.05) is 36.0 Å². The third-order valence-corrected chi connectivity index (χ3v) is 3.64. The van der Waals surface area contributed by atoms with Crippen molar-refractivity contribution in [2.45, 2.75) is 0 Å². The molecule has 0 saturated carbocycles. The van der Waals surface area contributed by atoms with Crippen molar-refractivity contribution in [3.63, 3.8) is 0 Å². The molecule has 0 bridgehead atoms. The van der Waals surface area contributed by atoms with Gasteiger partial charge in [0.15, 0.2) is 0 Å². The van der Waals surface area contributed by atoms with E-state index in [2.05, 4.69) is 20.3 Å². The number of hydrogen-bond donors (Lipinski definition) is 2. The molecule has 0 aliphatic heterocycles. The van der Waals surface area contributed by atoms with E-state index in [0.717, 1.165) is 21.9 Å². The van der Waals surface area contributed by atoms with Crippen LogP contribution in [0.5, 0.6) is 5.75 Å². The second kappa shape index (κ2) is 4.70. The van der Waals surface area contributed by atoms with Gasteiger partial charge in [0.2, 0.25) is 0 Å². The van der Waals surface area contributed by atoms with Crippen molar-refractivity contribution >= 4 is 33.4 Å². The van der Waals surface area contributed by atoms with Crippen molar-refractivity contribution < 1.29 is 5.11 Å². The van der Waals surface area contributed by atoms with Gasteiger partial charge in [0.25, 0.3) is 0 Å². The summed E-state index contributed by atoms with van der Waals surface area (Å²) in [6.45, 7) is 0. The fraction of sp³-hybridized carbons (Fsp3) is 0.0625. The molecule has 2 N–H and O–H groups in total. The van der Waals surface area contributed by atoms with Crippen molar-refractivity contribution in [2.75, 3.05) is 5.32 Å². The Morgan fingerprint density at radius 3 is 2.82 bits per heavy atom. The van der Waals surface area contributed by atoms with Gasteiger partial charge in [0.05, 0.1) is 23.6 Å². The lowest BCUT2D eigenvalue weighted by Gasteiger charge is -2.06. The Labute approximate surface area is 126 Å². The van der Waals surface area contributed by atoms with Crippen molar-refractivity contribution in [1.82, 2.24) is 19.5 Å². The lowest BCUT2D eigenvalue weighted by Crippen LogP contribution is -1.96. The molecule has 6 nitrogen and oxygen atoms in total. The first kappa shape index (κ1) is 12.6. The number of aromatic hydroxyl groups is 1. The van der Waals surface area contributed by atoms with Crippen LogP contribution in [0, 0.1) is 0 Å². The molecule has 4 heterocycles. The molecule has 4 aromatic heterocycles. The van der Waals surface area contributed by atoms with Gasteiger partial charge in [-0.05, 0) is 18.2 Å². The highest BCUT2D eigenvalue weighted by atomic mass is 16.3. The maximum absolute atomic E-state index is 9.47. The molecule has 4 rings (SSSR count). The van der Waals surface area contributed by atoms with Gasteiger partial charge in [-0.3, -0.25) is 9.97 Å². The predicted molar refractivity (Wildman–Crippen MR) is 85.2 cm³/mol. The summed E-state index contributed by atoms with van der Waals surface area (Å²) in [5.74, 6) is 0.806. The molecule has 0 unspecified atom stereocenters. The van der Waals surface area contributed by atoms with E-state index < -0.39 is 0 Å². The van der Waals surface area contributed by atoms with Crippen molar-refractivity contribution in [3.8, 4) is 5.75 Å². The summed E-state index contributed by atoms with van der Waals surface area (Å²) < 4.78 is 2.04. The highest BCUT2D eigenvalue weighted by Gasteiger charge is 2.10. The first-order valence-corrected chi connectivity index (χ1v) is 6.82. The lowest BCUT2D eigenvalue weighted by molar-refractivity contribution is 0.473. The van der Waals surface area contributed by atoms with E-state index in [1.165, 1.54) is 6.20 Å². The number of nitrogens with one attached hydrogen (secondary N) is 1. The minimum Gasteiger partial charge on any atom is -0.506 e. The molecular weight excluding hydrogens is 278 g/mol. The first-order chi connectivity index (χ1) is 10.7. The van der Waals surface area contributed by atoms with Gasteiger partial charge in [-0.25, -0.2) is 4.98 Å². The Kier molecular flexibility index (Phi) is 2.69. The molecule has 4 aromatic rings. The minimum absolute atomic E-state index is 0.113. The summed E-state index contributed by atoms with van der Waals surface area (Å²) in [4.78, 5) is 12.8. The number of pyridine rings is 3. The quantitative estimate of drug-likeness (QED) is 0.594. The van der Waals surface area contributed by atoms with Gasteiger partial charge in [-0.15, -0.1) is 0 Å². The van der Waals surface area contributed by atoms with Gasteiger partial charge in [-0.1, -0.05) is 0 Å². The van der Waals surface area contributed by atoms with Crippen molar-refractivity contribution in [3.05, 3.63) is 49.1 Å². The number of aryl methyl sites for hydroxylation is 1. The van der Waals surface area contributed by atoms with E-state index in [-0.39, 0.29) is 5.75 Å². The Bertz CT molecular complexity index is 992. The number of aromatic nitrogens is 4. The van der Waals surface area contributed by atoms with Gasteiger partial charge in [0, 0.05) is 36.3 Å². The predicted octanol–water partition coefficient (Wildman–Crippen LogP) is 2.97. The van der Waals surface area contributed by atoms with E-state index in [9.17, 15) is 5.11 Å². The Hall–Kier alpha value is -3.15. The van der Waals surface area contributed by atoms with Gasteiger partial charge < -0.3 is 15.0 Å². The van der Waals surface area contributed by atoms with Crippen LogP contribution in [0.25, 0.3) is 21.9 Å². The van der Waals surface area contributed by atoms with Gasteiger partial charge in [-0.2, -0.15) is 0 Å². The molecular formula is C16H13N5O. The van der Waals surface area contributed by atoms with Gasteiger partial charge >= 0.3 is 0 Å². The van der Waals surface area contributed by atoms with Crippen LogP contribution in [0.3, 0.4) is 0 Å². The molecule has 0 saturated heterocycles. The normalized spacial score (nSPS) is 11.1. The van der Waals surface area contributed by atoms with Crippen LogP contribution in [-0.4, -0.2) is 24.6 Å². The Morgan fingerprint density at radius 2 is 1.95 bits per heavy atom. The summed E-state index contributed by atoms with van der Waals surface area (Å²) in [5, 5.41) is 14.8. The third kappa shape index (κ3) is 1.93. The Morgan fingerprint density at radius 1 is 1.05 bits per heavy atom. The zero-order valence-electron chi connectivity index (χ0n) is 11.9. The van der Waals surface area contributed by atoms with E-state index in [1.54, 1.807) is 18.5 Å². The number of hydrogen-bond acceptors (Lipinski definition) is 5. The molecule has 0 aromatic carbocycles. The molecule has 0 amide bonds. The molecule has 0 fully saturated rings. The molecule has 108 valence electrons. The van der Waals surface area contributed by atoms with E-state index >= 15 is 0 Å². The fourth-order valence-corrected chi connectivity index (χ4v) is 2.63. The maximum atomic E-state index is 9.47. The lowest BCUT2D eigenvalue weighted by atomic mass is 10.2. The van der Waals surface area contributed by atoms with Crippen LogP contribution in [0.1, 0.15) is 0 Å². The fourth-order valence-electron chi connectivity index (χ4n) is 2.63. The molecule has 0 spiro atoms. The highest BCUT2D eigenvalue weighted by Crippen LogP contribution is 2.28. The van der Waals surface area contributed by atoms with E-state index in [0.29, 0.717) is 11.5 Å². The standard InChI is InChI=1S/C16H13N5O/c1-21-14-4-5-17-9-13(14)12-2-3-15(20-16(12)21)19-10-6-11(22)8-18-7-10/h2-9,22H,1H3,(H,19,20). The third-order valence-electron chi connectivity index (χ3n) is 3.64. The molecule has 0 atom stereocenters. The summed E-state index contributed by atoms with van der Waals surface area (Å²) in [6.07, 6.45) is 6.65. The molecule has 22 heavy (non-hydrogen) atoms. The average Bonchev–Trinajstić information content (AvgIpc) is 2.81. The number of nitrogens with zero attached hydrogens (tertiary/aromatic N) is 4. The second-order valence-corrected chi connectivity index (χ2v) is 5.08. The monoisotopic (exact) mass is 291 g/mol. The number of fused-ring (bicyclic) bond motifs is 3. The topological polar surface area (TPSA) is 75.9 Å². The van der Waals surface area contributed by atoms with Crippen LogP contribution >= 0.6 is 0 Å². The summed E-state index contributed by atoms with van der Waals surface area (Å²) >= 11 is 0. The average molecular weight is 291 g/mol. The molecule has 6 heteroatoms. The van der Waals surface area contributed by atoms with Crippen LogP contribution in [0.4, 0.5) is 11.5 Å². The zero-order chi connectivity index (χ0) is 15.1. The highest BCUT2D eigenvalue weighted by molar-refractivity contribution is 6.06. The SMILES string of the molecule is Cn1c2ccncc2c2ccc(Nc3cncc(O)c3)nc21. The summed E-state index contributed by atoms with van der Waals surface area (Å²) in [7, 11) is 1.98. The first-order valence-electron chi connectivity index (χ1n) is 6.82. The summed E-state index contributed by atoms with van der Waals surface area (Å²) in [6, 6.07) is 7.50. The summed E-state index contributed by atoms with van der Waals surface area (Å²) in [5.41, 5.74) is 2.65.